The largest absolute Gasteiger partial charge is 0.493 e. The van der Waals surface area contributed by atoms with Crippen LogP contribution in [0.5, 0.6) is 17.2 Å². The predicted molar refractivity (Wildman–Crippen MR) is 131 cm³/mol. The van der Waals surface area contributed by atoms with E-state index in [1.54, 1.807) is 37.4 Å². The van der Waals surface area contributed by atoms with E-state index in [1.807, 2.05) is 31.3 Å². The van der Waals surface area contributed by atoms with E-state index in [2.05, 4.69) is 18.0 Å². The Kier molecular flexibility index (Phi) is 9.06. The van der Waals surface area contributed by atoms with Gasteiger partial charge in [0.15, 0.2) is 11.5 Å². The van der Waals surface area contributed by atoms with E-state index in [4.69, 9.17) is 14.2 Å². The molecule has 0 saturated carbocycles. The molecule has 0 fully saturated rings. The number of aromatic nitrogens is 1. The van der Waals surface area contributed by atoms with Crippen molar-refractivity contribution in [3.8, 4) is 17.2 Å². The van der Waals surface area contributed by atoms with Crippen LogP contribution in [0.3, 0.4) is 0 Å². The van der Waals surface area contributed by atoms with Gasteiger partial charge in [0.2, 0.25) is 0 Å². The monoisotopic (exact) mass is 478 g/mol. The molecule has 1 aromatic heterocycles. The van der Waals surface area contributed by atoms with E-state index >= 15 is 0 Å². The van der Waals surface area contributed by atoms with Crippen molar-refractivity contribution < 1.29 is 28.9 Å². The van der Waals surface area contributed by atoms with Crippen LogP contribution in [0.2, 0.25) is 0 Å². The smallest absolute Gasteiger partial charge is 0.416 e. The van der Waals surface area contributed by atoms with Gasteiger partial charge in [0, 0.05) is 24.9 Å². The minimum absolute atomic E-state index is 0.0252. The number of hydrogen-bond acceptors (Lipinski definition) is 6. The standard InChI is InChI=1S/C27H30N2O6/c1-4-20-7-9-22(28-16-20)13-14-34-25-15-21(8-12-24(25)33-3)17-29(18-26(30)31)27(32)35-23-10-5-19(2)6-11-23/h5-12,15-16H,4,13-14,17-18H2,1-3H3,(H,30,31). The van der Waals surface area contributed by atoms with Crippen LogP contribution in [0.1, 0.15) is 29.3 Å². The Balaban J connectivity index is 1.68. The number of rotatable bonds is 11. The Morgan fingerprint density at radius 3 is 2.37 bits per heavy atom. The molecule has 1 amide bonds. The number of aliphatic carboxylic acids is 1. The third kappa shape index (κ3) is 7.74. The topological polar surface area (TPSA) is 98.2 Å². The number of benzene rings is 2. The molecule has 0 radical (unpaired) electrons. The molecule has 2 aromatic carbocycles. The summed E-state index contributed by atoms with van der Waals surface area (Å²) in [5.74, 6) is 0.236. The molecule has 1 heterocycles. The van der Waals surface area contributed by atoms with Crippen molar-refractivity contribution in [3.63, 3.8) is 0 Å². The number of aryl methyl sites for hydroxylation is 2. The number of nitrogens with zero attached hydrogens (tertiary/aromatic N) is 2. The number of ether oxygens (including phenoxy) is 3. The van der Waals surface area contributed by atoms with Crippen LogP contribution >= 0.6 is 0 Å². The fourth-order valence-corrected chi connectivity index (χ4v) is 3.35. The zero-order valence-corrected chi connectivity index (χ0v) is 20.2. The molecule has 1 N–H and O–H groups in total. The molecule has 3 rings (SSSR count). The van der Waals surface area contributed by atoms with Gasteiger partial charge in [-0.2, -0.15) is 0 Å². The number of carboxylic acids is 1. The molecule has 0 bridgehead atoms. The van der Waals surface area contributed by atoms with Gasteiger partial charge in [-0.25, -0.2) is 4.79 Å². The van der Waals surface area contributed by atoms with Crippen molar-refractivity contribution in [2.24, 2.45) is 0 Å². The Morgan fingerprint density at radius 2 is 1.74 bits per heavy atom. The van der Waals surface area contributed by atoms with Gasteiger partial charge in [0.25, 0.3) is 0 Å². The zero-order chi connectivity index (χ0) is 25.2. The number of methoxy groups -OCH3 is 1. The quantitative estimate of drug-likeness (QED) is 0.428. The van der Waals surface area contributed by atoms with Crippen LogP contribution in [-0.4, -0.2) is 47.3 Å². The molecule has 8 heteroatoms. The molecule has 0 aliphatic heterocycles. The molecule has 8 nitrogen and oxygen atoms in total. The van der Waals surface area contributed by atoms with Gasteiger partial charge < -0.3 is 19.3 Å². The Labute approximate surface area is 205 Å². The number of carbonyl (C=O) groups is 2. The molecule has 0 aliphatic carbocycles. The first-order chi connectivity index (χ1) is 16.9. The number of amides is 1. The maximum absolute atomic E-state index is 12.7. The highest BCUT2D eigenvalue weighted by atomic mass is 16.6. The van der Waals surface area contributed by atoms with Crippen LogP contribution in [0, 0.1) is 6.92 Å². The molecule has 0 aliphatic rings. The summed E-state index contributed by atoms with van der Waals surface area (Å²) in [6, 6.07) is 16.2. The molecule has 0 unspecified atom stereocenters. The molecule has 3 aromatic rings. The number of carboxylic acid groups (broad SMARTS) is 1. The molecule has 0 atom stereocenters. The minimum Gasteiger partial charge on any atom is -0.493 e. The van der Waals surface area contributed by atoms with Crippen molar-refractivity contribution in [2.75, 3.05) is 20.3 Å². The number of pyridine rings is 1. The van der Waals surface area contributed by atoms with Crippen LogP contribution in [-0.2, 0) is 24.2 Å². The SMILES string of the molecule is CCc1ccc(CCOc2cc(CN(CC(=O)O)C(=O)Oc3ccc(C)cc3)ccc2OC)nc1. The van der Waals surface area contributed by atoms with Gasteiger partial charge in [0.05, 0.1) is 13.7 Å². The van der Waals surface area contributed by atoms with Crippen molar-refractivity contribution in [1.29, 1.82) is 0 Å². The minimum atomic E-state index is -1.14. The lowest BCUT2D eigenvalue weighted by Crippen LogP contribution is -2.37. The summed E-state index contributed by atoms with van der Waals surface area (Å²) in [5, 5.41) is 9.31. The summed E-state index contributed by atoms with van der Waals surface area (Å²) in [6.07, 6.45) is 2.66. The highest BCUT2D eigenvalue weighted by Gasteiger charge is 2.20. The summed E-state index contributed by atoms with van der Waals surface area (Å²) in [6.45, 7) is 3.90. The van der Waals surface area contributed by atoms with Crippen LogP contribution in [0.4, 0.5) is 4.79 Å². The molecule has 0 saturated heterocycles. The summed E-state index contributed by atoms with van der Waals surface area (Å²) in [7, 11) is 1.54. The van der Waals surface area contributed by atoms with E-state index in [9.17, 15) is 14.7 Å². The molecule has 0 spiro atoms. The lowest BCUT2D eigenvalue weighted by atomic mass is 10.2. The number of carbonyl (C=O) groups excluding carboxylic acids is 1. The van der Waals surface area contributed by atoms with Crippen molar-refractivity contribution in [1.82, 2.24) is 9.88 Å². The maximum atomic E-state index is 12.7. The summed E-state index contributed by atoms with van der Waals surface area (Å²) in [5.41, 5.74) is 3.79. The maximum Gasteiger partial charge on any atom is 0.416 e. The van der Waals surface area contributed by atoms with Gasteiger partial charge in [-0.15, -0.1) is 0 Å². The Bertz CT molecular complexity index is 1130. The van der Waals surface area contributed by atoms with E-state index in [1.165, 1.54) is 5.56 Å². The highest BCUT2D eigenvalue weighted by molar-refractivity contribution is 5.78. The van der Waals surface area contributed by atoms with Gasteiger partial charge in [0.1, 0.15) is 12.3 Å². The Morgan fingerprint density at radius 1 is 1.00 bits per heavy atom. The molecular formula is C27H30N2O6. The average molecular weight is 479 g/mol. The average Bonchev–Trinajstić information content (AvgIpc) is 2.85. The zero-order valence-electron chi connectivity index (χ0n) is 20.2. The first-order valence-corrected chi connectivity index (χ1v) is 11.4. The summed E-state index contributed by atoms with van der Waals surface area (Å²) >= 11 is 0. The summed E-state index contributed by atoms with van der Waals surface area (Å²) in [4.78, 5) is 29.6. The fourth-order valence-electron chi connectivity index (χ4n) is 3.35. The first-order valence-electron chi connectivity index (χ1n) is 11.4. The second-order valence-corrected chi connectivity index (χ2v) is 8.03. The lowest BCUT2D eigenvalue weighted by Gasteiger charge is -2.21. The second kappa shape index (κ2) is 12.4. The number of hydrogen-bond donors (Lipinski definition) is 1. The van der Waals surface area contributed by atoms with E-state index < -0.39 is 18.6 Å². The van der Waals surface area contributed by atoms with Crippen LogP contribution in [0.25, 0.3) is 0 Å². The van der Waals surface area contributed by atoms with E-state index in [0.717, 1.165) is 22.6 Å². The van der Waals surface area contributed by atoms with Gasteiger partial charge in [-0.3, -0.25) is 14.7 Å². The molecule has 184 valence electrons. The predicted octanol–water partition coefficient (Wildman–Crippen LogP) is 4.67. The highest BCUT2D eigenvalue weighted by Crippen LogP contribution is 2.29. The van der Waals surface area contributed by atoms with Gasteiger partial charge >= 0.3 is 12.1 Å². The van der Waals surface area contributed by atoms with E-state index in [-0.39, 0.29) is 6.54 Å². The first kappa shape index (κ1) is 25.6. The van der Waals surface area contributed by atoms with Crippen molar-refractivity contribution >= 4 is 12.1 Å². The lowest BCUT2D eigenvalue weighted by molar-refractivity contribution is -0.138. The van der Waals surface area contributed by atoms with E-state index in [0.29, 0.717) is 35.8 Å². The van der Waals surface area contributed by atoms with Crippen LogP contribution < -0.4 is 14.2 Å². The second-order valence-electron chi connectivity index (χ2n) is 8.03. The third-order valence-corrected chi connectivity index (χ3v) is 5.32. The van der Waals surface area contributed by atoms with Gasteiger partial charge in [-0.05, 0) is 54.8 Å². The molecule has 35 heavy (non-hydrogen) atoms. The third-order valence-electron chi connectivity index (χ3n) is 5.32. The van der Waals surface area contributed by atoms with Crippen LogP contribution in [0.15, 0.2) is 60.8 Å². The van der Waals surface area contributed by atoms with Crippen molar-refractivity contribution in [3.05, 3.63) is 83.2 Å². The van der Waals surface area contributed by atoms with Crippen molar-refractivity contribution in [2.45, 2.75) is 33.2 Å². The normalized spacial score (nSPS) is 10.5. The fraction of sp³-hybridized carbons (Fsp3) is 0.296. The Hall–Kier alpha value is -4.07. The molecular weight excluding hydrogens is 448 g/mol. The van der Waals surface area contributed by atoms with Gasteiger partial charge in [-0.1, -0.05) is 36.8 Å². The summed E-state index contributed by atoms with van der Waals surface area (Å²) < 4.78 is 16.7.